The zero-order valence-electron chi connectivity index (χ0n) is 10.9. The van der Waals surface area contributed by atoms with Gasteiger partial charge in [0.1, 0.15) is 6.54 Å². The summed E-state index contributed by atoms with van der Waals surface area (Å²) < 4.78 is 5.69. The van der Waals surface area contributed by atoms with Gasteiger partial charge in [0.15, 0.2) is 6.10 Å². The molecule has 0 aromatic rings. The van der Waals surface area contributed by atoms with E-state index in [2.05, 4.69) is 0 Å². The maximum absolute atomic E-state index is 11.4. The van der Waals surface area contributed by atoms with E-state index in [0.29, 0.717) is 23.2 Å². The number of rotatable bonds is 8. The van der Waals surface area contributed by atoms with E-state index in [4.69, 9.17) is 4.74 Å². The smallest absolute Gasteiger partial charge is 0.307 e. The van der Waals surface area contributed by atoms with Crippen LogP contribution in [0.15, 0.2) is 0 Å². The van der Waals surface area contributed by atoms with Gasteiger partial charge in [-0.05, 0) is 6.26 Å². The zero-order chi connectivity index (χ0) is 13.5. The van der Waals surface area contributed by atoms with Crippen molar-refractivity contribution in [1.29, 1.82) is 0 Å². The molecule has 0 aliphatic carbocycles. The number of carboxylic acids is 1. The van der Waals surface area contributed by atoms with E-state index < -0.39 is 12.1 Å². The molecule has 0 saturated heterocycles. The summed E-state index contributed by atoms with van der Waals surface area (Å²) in [7, 11) is 5.74. The van der Waals surface area contributed by atoms with Gasteiger partial charge in [0.2, 0.25) is 0 Å². The third kappa shape index (κ3) is 10.1. The van der Waals surface area contributed by atoms with Gasteiger partial charge < -0.3 is 19.1 Å². The first-order valence-electron chi connectivity index (χ1n) is 5.43. The fourth-order valence-electron chi connectivity index (χ4n) is 1.37. The van der Waals surface area contributed by atoms with E-state index in [1.54, 1.807) is 11.8 Å². The van der Waals surface area contributed by atoms with Crippen molar-refractivity contribution < 1.29 is 23.9 Å². The van der Waals surface area contributed by atoms with E-state index in [-0.39, 0.29) is 12.4 Å². The first-order valence-corrected chi connectivity index (χ1v) is 6.82. The molecule has 0 spiro atoms. The molecule has 1 unspecified atom stereocenters. The molecule has 0 rings (SSSR count). The molecular weight excluding hydrogens is 242 g/mol. The number of hydrogen-bond acceptors (Lipinski definition) is 5. The lowest BCUT2D eigenvalue weighted by Crippen LogP contribution is -2.45. The number of thioether (sulfide) groups is 1. The fourth-order valence-corrected chi connectivity index (χ4v) is 1.74. The number of esters is 1. The van der Waals surface area contributed by atoms with Crippen LogP contribution < -0.4 is 5.11 Å². The standard InChI is InChI=1S/C11H21NO4S/c1-12(2,3)8-9(7-10(13)14)16-11(15)5-6-17-4/h9H,5-8H2,1-4H3. The van der Waals surface area contributed by atoms with E-state index in [0.717, 1.165) is 0 Å². The monoisotopic (exact) mass is 263 g/mol. The topological polar surface area (TPSA) is 66.4 Å². The largest absolute Gasteiger partial charge is 0.550 e. The molecular formula is C11H21NO4S. The summed E-state index contributed by atoms with van der Waals surface area (Å²) in [6.07, 6.45) is 1.34. The highest BCUT2D eigenvalue weighted by Crippen LogP contribution is 2.07. The van der Waals surface area contributed by atoms with Gasteiger partial charge in [-0.15, -0.1) is 0 Å². The summed E-state index contributed by atoms with van der Waals surface area (Å²) >= 11 is 1.55. The number of aliphatic carboxylic acids is 1. The molecule has 0 aromatic heterocycles. The van der Waals surface area contributed by atoms with Crippen molar-refractivity contribution in [2.24, 2.45) is 0 Å². The van der Waals surface area contributed by atoms with Crippen LogP contribution in [0, 0.1) is 0 Å². The molecule has 0 aliphatic heterocycles. The Kier molecular flexibility index (Phi) is 7.22. The number of carboxylic acid groups (broad SMARTS) is 1. The Morgan fingerprint density at radius 3 is 2.35 bits per heavy atom. The molecule has 0 fully saturated rings. The van der Waals surface area contributed by atoms with Crippen LogP contribution in [0.2, 0.25) is 0 Å². The lowest BCUT2D eigenvalue weighted by atomic mass is 10.2. The maximum atomic E-state index is 11.4. The predicted molar refractivity (Wildman–Crippen MR) is 65.4 cm³/mol. The number of carbonyl (C=O) groups is 2. The van der Waals surface area contributed by atoms with Crippen LogP contribution in [0.5, 0.6) is 0 Å². The summed E-state index contributed by atoms with van der Waals surface area (Å²) in [5.74, 6) is -0.860. The van der Waals surface area contributed by atoms with Gasteiger partial charge in [0.05, 0.1) is 27.6 Å². The second-order valence-electron chi connectivity index (χ2n) is 4.90. The molecule has 17 heavy (non-hydrogen) atoms. The summed E-state index contributed by atoms with van der Waals surface area (Å²) in [6, 6.07) is 0. The minimum absolute atomic E-state index is 0.249. The Balaban J connectivity index is 4.28. The number of likely N-dealkylation sites (N-methyl/N-ethyl adjacent to an activating group) is 1. The van der Waals surface area contributed by atoms with Gasteiger partial charge in [0.25, 0.3) is 0 Å². The Morgan fingerprint density at radius 1 is 1.35 bits per heavy atom. The van der Waals surface area contributed by atoms with E-state index in [1.165, 1.54) is 0 Å². The van der Waals surface area contributed by atoms with Gasteiger partial charge in [-0.3, -0.25) is 4.79 Å². The average molecular weight is 263 g/mol. The average Bonchev–Trinajstić information content (AvgIpc) is 2.10. The minimum atomic E-state index is -1.19. The Hall–Kier alpha value is -0.750. The van der Waals surface area contributed by atoms with Crippen LogP contribution in [0.1, 0.15) is 12.8 Å². The molecule has 0 radical (unpaired) electrons. The number of hydrogen-bond donors (Lipinski definition) is 0. The number of nitrogens with zero attached hydrogens (tertiary/aromatic N) is 1. The van der Waals surface area contributed by atoms with Crippen molar-refractivity contribution in [2.45, 2.75) is 18.9 Å². The Morgan fingerprint density at radius 2 is 1.94 bits per heavy atom. The summed E-state index contributed by atoms with van der Waals surface area (Å²) in [4.78, 5) is 22.0. The molecule has 0 amide bonds. The van der Waals surface area contributed by atoms with Crippen molar-refractivity contribution in [1.82, 2.24) is 0 Å². The molecule has 1 atom stereocenters. The molecule has 0 N–H and O–H groups in total. The predicted octanol–water partition coefficient (Wildman–Crippen LogP) is -0.502. The highest BCUT2D eigenvalue weighted by Gasteiger charge is 2.22. The highest BCUT2D eigenvalue weighted by molar-refractivity contribution is 7.98. The van der Waals surface area contributed by atoms with Crippen molar-refractivity contribution in [2.75, 3.05) is 39.7 Å². The van der Waals surface area contributed by atoms with Gasteiger partial charge in [-0.2, -0.15) is 11.8 Å². The van der Waals surface area contributed by atoms with E-state index >= 15 is 0 Å². The summed E-state index contributed by atoms with van der Waals surface area (Å²) in [5, 5.41) is 10.6. The molecule has 0 aromatic carbocycles. The van der Waals surface area contributed by atoms with Crippen molar-refractivity contribution in [3.05, 3.63) is 0 Å². The number of ether oxygens (including phenoxy) is 1. The lowest BCUT2D eigenvalue weighted by Gasteiger charge is -2.29. The minimum Gasteiger partial charge on any atom is -0.550 e. The Bertz CT molecular complexity index is 263. The van der Waals surface area contributed by atoms with Crippen LogP contribution in [0.4, 0.5) is 0 Å². The fraction of sp³-hybridized carbons (Fsp3) is 0.818. The zero-order valence-corrected chi connectivity index (χ0v) is 11.7. The maximum Gasteiger partial charge on any atom is 0.307 e. The van der Waals surface area contributed by atoms with Gasteiger partial charge in [-0.1, -0.05) is 0 Å². The van der Waals surface area contributed by atoms with E-state index in [1.807, 2.05) is 27.4 Å². The first-order chi connectivity index (χ1) is 7.74. The molecule has 100 valence electrons. The molecule has 0 saturated carbocycles. The van der Waals surface area contributed by atoms with Crippen LogP contribution in [-0.4, -0.2) is 62.2 Å². The molecule has 0 heterocycles. The molecule has 0 bridgehead atoms. The van der Waals surface area contributed by atoms with E-state index in [9.17, 15) is 14.7 Å². The SMILES string of the molecule is CSCCC(=O)OC(CC(=O)[O-])C[N+](C)(C)C. The van der Waals surface area contributed by atoms with Crippen molar-refractivity contribution in [3.8, 4) is 0 Å². The molecule has 5 nitrogen and oxygen atoms in total. The summed E-state index contributed by atoms with van der Waals surface area (Å²) in [6.45, 7) is 0.457. The van der Waals surface area contributed by atoms with Crippen LogP contribution in [0.25, 0.3) is 0 Å². The molecule has 6 heteroatoms. The second kappa shape index (κ2) is 7.55. The molecule has 0 aliphatic rings. The highest BCUT2D eigenvalue weighted by atomic mass is 32.2. The second-order valence-corrected chi connectivity index (χ2v) is 5.89. The van der Waals surface area contributed by atoms with Gasteiger partial charge in [-0.25, -0.2) is 0 Å². The van der Waals surface area contributed by atoms with Crippen LogP contribution in [0.3, 0.4) is 0 Å². The van der Waals surface area contributed by atoms with Crippen LogP contribution in [-0.2, 0) is 14.3 Å². The number of carbonyl (C=O) groups excluding carboxylic acids is 2. The third-order valence-electron chi connectivity index (χ3n) is 1.95. The quantitative estimate of drug-likeness (QED) is 0.436. The third-order valence-corrected chi connectivity index (χ3v) is 2.57. The van der Waals surface area contributed by atoms with Gasteiger partial charge in [0, 0.05) is 18.1 Å². The normalized spacial score (nSPS) is 13.2. The van der Waals surface area contributed by atoms with Crippen LogP contribution >= 0.6 is 11.8 Å². The summed E-state index contributed by atoms with van der Waals surface area (Å²) in [5.41, 5.74) is 0. The Labute approximate surface area is 107 Å². The van der Waals surface area contributed by atoms with Crippen molar-refractivity contribution >= 4 is 23.7 Å². The number of quaternary nitrogens is 1. The van der Waals surface area contributed by atoms with Crippen molar-refractivity contribution in [3.63, 3.8) is 0 Å². The first kappa shape index (κ1) is 16.2. The lowest BCUT2D eigenvalue weighted by molar-refractivity contribution is -0.873. The van der Waals surface area contributed by atoms with Gasteiger partial charge >= 0.3 is 5.97 Å².